The van der Waals surface area contributed by atoms with Crippen molar-refractivity contribution in [2.24, 2.45) is 11.7 Å². The number of aliphatic hydroxyl groups is 1. The number of amides is 1. The number of halogens is 9. The van der Waals surface area contributed by atoms with E-state index in [9.17, 15) is 45.0 Å². The van der Waals surface area contributed by atoms with Gasteiger partial charge in [0, 0.05) is 11.5 Å². The van der Waals surface area contributed by atoms with Crippen molar-refractivity contribution in [1.29, 1.82) is 0 Å². The van der Waals surface area contributed by atoms with Gasteiger partial charge in [0.1, 0.15) is 11.6 Å². The Hall–Kier alpha value is -3.94. The number of primary amides is 1. The first-order chi connectivity index (χ1) is 20.2. The average molecular weight is 638 g/mol. The van der Waals surface area contributed by atoms with Gasteiger partial charge in [-0.1, -0.05) is 36.4 Å². The topological polar surface area (TPSA) is 81.8 Å². The molecule has 0 radical (unpaired) electrons. The molecule has 2 unspecified atom stereocenters. The van der Waals surface area contributed by atoms with Gasteiger partial charge >= 0.3 is 18.7 Å². The third kappa shape index (κ3) is 7.06. The van der Waals surface area contributed by atoms with E-state index in [-0.39, 0.29) is 18.6 Å². The van der Waals surface area contributed by atoms with Crippen molar-refractivity contribution in [3.63, 3.8) is 0 Å². The zero-order valence-electron chi connectivity index (χ0n) is 23.4. The number of ether oxygens (including phenoxy) is 2. The largest absolute Gasteiger partial charge is 0.488 e. The molecule has 240 valence electrons. The maximum Gasteiger partial charge on any atom is 0.461 e. The molecule has 0 aliphatic heterocycles. The molecule has 0 spiro atoms. The number of benzene rings is 3. The van der Waals surface area contributed by atoms with Crippen LogP contribution in [0.2, 0.25) is 0 Å². The lowest BCUT2D eigenvalue weighted by molar-refractivity contribution is -0.274. The summed E-state index contributed by atoms with van der Waals surface area (Å²) in [6, 6.07) is 11.2. The Morgan fingerprint density at radius 2 is 1.52 bits per heavy atom. The summed E-state index contributed by atoms with van der Waals surface area (Å²) in [5.41, 5.74) is -2.06. The first-order valence-corrected chi connectivity index (χ1v) is 13.0. The van der Waals surface area contributed by atoms with Gasteiger partial charge in [-0.3, -0.25) is 4.79 Å². The summed E-state index contributed by atoms with van der Waals surface area (Å²) in [5, 5.41) is 11.0. The van der Waals surface area contributed by atoms with Gasteiger partial charge in [0.05, 0.1) is 12.0 Å². The van der Waals surface area contributed by atoms with Gasteiger partial charge in [0.2, 0.25) is 5.91 Å². The Labute approximate surface area is 246 Å². The molecule has 0 saturated heterocycles. The minimum atomic E-state index is -5.58. The van der Waals surface area contributed by atoms with Crippen LogP contribution >= 0.6 is 0 Å². The van der Waals surface area contributed by atoms with E-state index >= 15 is 4.39 Å². The van der Waals surface area contributed by atoms with Crippen molar-refractivity contribution < 1.29 is 58.9 Å². The fourth-order valence-electron chi connectivity index (χ4n) is 5.09. The van der Waals surface area contributed by atoms with Crippen LogP contribution in [0.3, 0.4) is 0 Å². The van der Waals surface area contributed by atoms with Gasteiger partial charge in [0.15, 0.2) is 17.2 Å². The fourth-order valence-corrected chi connectivity index (χ4v) is 5.09. The summed E-state index contributed by atoms with van der Waals surface area (Å²) in [6.45, 7) is 3.24. The van der Waals surface area contributed by atoms with Crippen LogP contribution in [0.25, 0.3) is 0 Å². The monoisotopic (exact) mass is 637 g/mol. The number of rotatable bonds is 12. The molecule has 14 heteroatoms. The quantitative estimate of drug-likeness (QED) is 0.211. The summed E-state index contributed by atoms with van der Waals surface area (Å²) in [7, 11) is 0. The highest BCUT2D eigenvalue weighted by molar-refractivity contribution is 5.82. The molecule has 3 aromatic carbocycles. The van der Waals surface area contributed by atoms with Gasteiger partial charge in [-0.05, 0) is 68.1 Å². The number of nitrogens with two attached hydrogens (primary N) is 1. The molecule has 44 heavy (non-hydrogen) atoms. The highest BCUT2D eigenvalue weighted by Gasteiger charge is 2.64. The zero-order chi connectivity index (χ0) is 33.3. The first kappa shape index (κ1) is 34.5. The van der Waals surface area contributed by atoms with Crippen molar-refractivity contribution in [3.05, 3.63) is 95.1 Å². The van der Waals surface area contributed by atoms with E-state index in [1.807, 2.05) is 0 Å². The van der Waals surface area contributed by atoms with Crippen molar-refractivity contribution in [1.82, 2.24) is 0 Å². The highest BCUT2D eigenvalue weighted by Crippen LogP contribution is 2.52. The van der Waals surface area contributed by atoms with E-state index in [4.69, 9.17) is 10.5 Å². The summed E-state index contributed by atoms with van der Waals surface area (Å²) >= 11 is 0. The second kappa shape index (κ2) is 12.6. The SMILES string of the molecule is CC(C)Oc1cc([C@](Cc2ccccc2)(c2cc(F)cc(OC(F)(F)C(F)F)c2)C(C(N)=O)C(C)(O)C(F)(F)F)ccc1F. The first-order valence-electron chi connectivity index (χ1n) is 13.0. The van der Waals surface area contributed by atoms with E-state index in [1.165, 1.54) is 44.2 Å². The molecule has 0 aliphatic carbocycles. The van der Waals surface area contributed by atoms with E-state index in [1.54, 1.807) is 0 Å². The molecule has 1 amide bonds. The van der Waals surface area contributed by atoms with Crippen LogP contribution in [0.5, 0.6) is 11.5 Å². The Morgan fingerprint density at radius 1 is 0.909 bits per heavy atom. The van der Waals surface area contributed by atoms with Crippen LogP contribution in [0, 0.1) is 17.6 Å². The Morgan fingerprint density at radius 3 is 2.05 bits per heavy atom. The minimum absolute atomic E-state index is 0.164. The van der Waals surface area contributed by atoms with Gasteiger partial charge in [-0.25, -0.2) is 8.78 Å². The zero-order valence-corrected chi connectivity index (χ0v) is 23.4. The summed E-state index contributed by atoms with van der Waals surface area (Å²) in [4.78, 5) is 13.1. The van der Waals surface area contributed by atoms with Crippen LogP contribution in [0.4, 0.5) is 39.5 Å². The molecule has 3 aromatic rings. The molecular weight excluding hydrogens is 609 g/mol. The number of hydrogen-bond donors (Lipinski definition) is 2. The molecule has 0 aromatic heterocycles. The molecule has 0 fully saturated rings. The molecule has 0 heterocycles. The van der Waals surface area contributed by atoms with Gasteiger partial charge in [-0.15, -0.1) is 0 Å². The number of carbonyl (C=O) groups excluding carboxylic acids is 1. The Balaban J connectivity index is 2.57. The molecule has 0 aliphatic rings. The van der Waals surface area contributed by atoms with Crippen LogP contribution in [-0.4, -0.2) is 41.4 Å². The Bertz CT molecular complexity index is 1460. The number of hydrogen-bond acceptors (Lipinski definition) is 4. The van der Waals surface area contributed by atoms with Crippen LogP contribution in [0.15, 0.2) is 66.7 Å². The average Bonchev–Trinajstić information content (AvgIpc) is 2.88. The summed E-state index contributed by atoms with van der Waals surface area (Å²) < 4.78 is 137. The molecule has 0 saturated carbocycles. The van der Waals surface area contributed by atoms with E-state index in [2.05, 4.69) is 4.74 Å². The third-order valence-electron chi connectivity index (χ3n) is 6.94. The smallest absolute Gasteiger partial charge is 0.461 e. The van der Waals surface area contributed by atoms with Crippen LogP contribution < -0.4 is 15.2 Å². The maximum absolute atomic E-state index is 15.1. The van der Waals surface area contributed by atoms with Crippen molar-refractivity contribution in [3.8, 4) is 11.5 Å². The predicted octanol–water partition coefficient (Wildman–Crippen LogP) is 6.93. The maximum atomic E-state index is 15.1. The molecule has 0 bridgehead atoms. The second-order valence-electron chi connectivity index (χ2n) is 10.6. The van der Waals surface area contributed by atoms with Crippen LogP contribution in [0.1, 0.15) is 37.5 Å². The van der Waals surface area contributed by atoms with Crippen molar-refractivity contribution in [2.75, 3.05) is 0 Å². The van der Waals surface area contributed by atoms with Gasteiger partial charge < -0.3 is 20.3 Å². The van der Waals surface area contributed by atoms with E-state index in [0.29, 0.717) is 12.1 Å². The minimum Gasteiger partial charge on any atom is -0.488 e. The van der Waals surface area contributed by atoms with E-state index in [0.717, 1.165) is 18.2 Å². The lowest BCUT2D eigenvalue weighted by Gasteiger charge is -2.47. The predicted molar refractivity (Wildman–Crippen MR) is 140 cm³/mol. The molecule has 3 rings (SSSR count). The highest BCUT2D eigenvalue weighted by atomic mass is 19.4. The molecule has 5 nitrogen and oxygen atoms in total. The van der Waals surface area contributed by atoms with E-state index < -0.39 is 88.3 Å². The number of carbonyl (C=O) groups is 1. The van der Waals surface area contributed by atoms with Gasteiger partial charge in [0.25, 0.3) is 0 Å². The number of alkyl halides is 7. The normalized spacial score (nSPS) is 15.9. The van der Waals surface area contributed by atoms with Crippen molar-refractivity contribution >= 4 is 5.91 Å². The summed E-state index contributed by atoms with van der Waals surface area (Å²) in [6.07, 6.45) is -16.5. The van der Waals surface area contributed by atoms with Crippen LogP contribution in [-0.2, 0) is 16.6 Å². The Kier molecular flexibility index (Phi) is 9.88. The van der Waals surface area contributed by atoms with Gasteiger partial charge in [-0.2, -0.15) is 30.7 Å². The molecule has 3 N–H and O–H groups in total. The second-order valence-corrected chi connectivity index (χ2v) is 10.6. The summed E-state index contributed by atoms with van der Waals surface area (Å²) in [5.74, 6) is -8.77. The molecule has 3 atom stereocenters. The van der Waals surface area contributed by atoms with Crippen molar-refractivity contribution in [2.45, 2.75) is 63.0 Å². The molecular formula is C30H28F9NO4. The third-order valence-corrected chi connectivity index (χ3v) is 6.94. The standard InChI is InChI=1S/C30H28F9NO4/c1-16(2)43-23-13-18(9-10-22(23)32)28(15-17-7-5-4-6-8-17,24(25(40)41)27(3,42)30(37,38)39)19-11-20(31)14-21(12-19)44-29(35,36)26(33)34/h4-14,16,24,26,42H,15H2,1-3H3,(H2,40,41)/t24?,27?,28-/m1/s1. The fraction of sp³-hybridized carbons (Fsp3) is 0.367. The lowest BCUT2D eigenvalue weighted by atomic mass is 9.57. The lowest BCUT2D eigenvalue weighted by Crippen LogP contribution is -2.62.